The van der Waals surface area contributed by atoms with E-state index in [9.17, 15) is 9.90 Å². The molecule has 5 N–H and O–H groups in total. The maximum atomic E-state index is 17.0. The summed E-state index contributed by atoms with van der Waals surface area (Å²) in [4.78, 5) is 81.0. The third kappa shape index (κ3) is 9.04. The van der Waals surface area contributed by atoms with Crippen LogP contribution in [0.2, 0.25) is 0 Å². The summed E-state index contributed by atoms with van der Waals surface area (Å²) in [6.07, 6.45) is -0.549. The van der Waals surface area contributed by atoms with Crippen LogP contribution in [-0.4, -0.2) is 91.3 Å². The Morgan fingerprint density at radius 1 is 0.813 bits per heavy atom. The van der Waals surface area contributed by atoms with E-state index in [-0.39, 0.29) is 44.1 Å². The Kier molecular flexibility index (Phi) is 14.0. The van der Waals surface area contributed by atoms with Gasteiger partial charge in [-0.3, -0.25) is 19.3 Å². The molecule has 4 aliphatic heterocycles. The van der Waals surface area contributed by atoms with Crippen LogP contribution in [0.15, 0.2) is 146 Å². The normalized spacial score (nSPS) is 21.9. The fourth-order valence-electron chi connectivity index (χ4n) is 11.5. The molecule has 2 saturated heterocycles. The number of amides is 6. The van der Waals surface area contributed by atoms with Crippen molar-refractivity contribution in [3.8, 4) is 29.1 Å². The number of cyclic esters (lactones) is 1. The molecular formula is C59H56N6O10. The summed E-state index contributed by atoms with van der Waals surface area (Å²) in [5, 5.41) is 15.5. The zero-order valence-corrected chi connectivity index (χ0v) is 41.6. The number of nitrogens with two attached hydrogens (primary N) is 1. The van der Waals surface area contributed by atoms with Crippen LogP contribution in [-0.2, 0) is 37.5 Å². The van der Waals surface area contributed by atoms with Gasteiger partial charge in [-0.15, -0.1) is 0 Å². The van der Waals surface area contributed by atoms with Gasteiger partial charge < -0.3 is 45.3 Å². The molecule has 6 aromatic rings. The lowest BCUT2D eigenvalue weighted by Gasteiger charge is -2.46. The lowest BCUT2D eigenvalue weighted by Crippen LogP contribution is -2.57. The SMILES string of the molecule is COc1cc2c(cc1OC)CN(C(=O)C1C3C(=O)OC(c4ccccc4)C(c4ccccc4)N3C(c3cccc(OCCO)c3)C13C(=O)N(C(=O)NC(C)c1ccccc1)c1ccc(C#CCNC(N)=O)cc13)CC2. The summed E-state index contributed by atoms with van der Waals surface area (Å²) in [6.45, 7) is 1.69. The van der Waals surface area contributed by atoms with E-state index in [2.05, 4.69) is 22.5 Å². The van der Waals surface area contributed by atoms with Gasteiger partial charge in [0.25, 0.3) is 0 Å². The number of carbonyl (C=O) groups excluding carboxylic acids is 5. The van der Waals surface area contributed by atoms with Gasteiger partial charge in [0.2, 0.25) is 11.8 Å². The zero-order valence-electron chi connectivity index (χ0n) is 41.6. The van der Waals surface area contributed by atoms with Crippen molar-refractivity contribution in [3.63, 3.8) is 0 Å². The molecule has 0 saturated carbocycles. The summed E-state index contributed by atoms with van der Waals surface area (Å²) in [5.74, 6) is 3.81. The van der Waals surface area contributed by atoms with Crippen LogP contribution in [0.3, 0.4) is 0 Å². The van der Waals surface area contributed by atoms with Crippen molar-refractivity contribution >= 4 is 35.5 Å². The van der Waals surface area contributed by atoms with Crippen molar-refractivity contribution in [2.24, 2.45) is 11.7 Å². The number of hydrogen-bond acceptors (Lipinski definition) is 11. The van der Waals surface area contributed by atoms with E-state index in [1.54, 1.807) is 48.4 Å². The minimum Gasteiger partial charge on any atom is -0.493 e. The molecule has 6 amide bonds. The number of aliphatic hydroxyl groups excluding tert-OH is 1. The van der Waals surface area contributed by atoms with Gasteiger partial charge >= 0.3 is 18.0 Å². The molecule has 16 heteroatoms. The quantitative estimate of drug-likeness (QED) is 0.0741. The smallest absolute Gasteiger partial charge is 0.329 e. The monoisotopic (exact) mass is 1010 g/mol. The molecule has 75 heavy (non-hydrogen) atoms. The second-order valence-electron chi connectivity index (χ2n) is 18.9. The van der Waals surface area contributed by atoms with Crippen molar-refractivity contribution in [2.75, 3.05) is 45.4 Å². The number of nitrogens with zero attached hydrogens (tertiary/aromatic N) is 3. The van der Waals surface area contributed by atoms with Gasteiger partial charge in [0.15, 0.2) is 11.5 Å². The predicted molar refractivity (Wildman–Crippen MR) is 277 cm³/mol. The number of methoxy groups -OCH3 is 2. The van der Waals surface area contributed by atoms with E-state index in [1.165, 1.54) is 7.11 Å². The third-order valence-electron chi connectivity index (χ3n) is 14.7. The molecule has 2 fully saturated rings. The summed E-state index contributed by atoms with van der Waals surface area (Å²) in [7, 11) is 3.10. The van der Waals surface area contributed by atoms with Crippen molar-refractivity contribution in [2.45, 2.75) is 55.6 Å². The molecule has 0 bridgehead atoms. The topological polar surface area (TPSA) is 202 Å². The summed E-state index contributed by atoms with van der Waals surface area (Å²) in [5.41, 5.74) is 8.52. The van der Waals surface area contributed by atoms with Crippen LogP contribution in [0, 0.1) is 17.8 Å². The van der Waals surface area contributed by atoms with Crippen molar-refractivity contribution in [3.05, 3.63) is 190 Å². The van der Waals surface area contributed by atoms with Crippen LogP contribution in [0.1, 0.15) is 75.7 Å². The Balaban J connectivity index is 1.26. The van der Waals surface area contributed by atoms with Crippen molar-refractivity contribution < 1.29 is 48.0 Å². The molecule has 7 unspecified atom stereocenters. The van der Waals surface area contributed by atoms with E-state index in [0.717, 1.165) is 27.2 Å². The van der Waals surface area contributed by atoms with Gasteiger partial charge in [0.05, 0.1) is 57.1 Å². The molecule has 6 aromatic carbocycles. The fraction of sp³-hybridized carbons (Fsp3) is 0.271. The number of primary amides is 1. The average molecular weight is 1010 g/mol. The van der Waals surface area contributed by atoms with Gasteiger partial charge in [-0.05, 0) is 94.8 Å². The van der Waals surface area contributed by atoms with Gasteiger partial charge in [-0.25, -0.2) is 14.5 Å². The molecule has 1 spiro atoms. The average Bonchev–Trinajstić information content (AvgIpc) is 3.94. The number of aliphatic hydroxyl groups is 1. The Bertz CT molecular complexity index is 3220. The van der Waals surface area contributed by atoms with Gasteiger partial charge in [-0.1, -0.05) is 115 Å². The molecule has 382 valence electrons. The number of morpholine rings is 1. The lowest BCUT2D eigenvalue weighted by molar-refractivity contribution is -0.179. The number of anilines is 1. The number of nitrogens with one attached hydrogen (secondary N) is 2. The van der Waals surface area contributed by atoms with E-state index in [0.29, 0.717) is 40.4 Å². The zero-order chi connectivity index (χ0) is 52.4. The highest BCUT2D eigenvalue weighted by molar-refractivity contribution is 6.24. The van der Waals surface area contributed by atoms with Crippen molar-refractivity contribution in [1.29, 1.82) is 0 Å². The number of carbonyl (C=O) groups is 5. The summed E-state index contributed by atoms with van der Waals surface area (Å²) >= 11 is 0. The standard InChI is InChI=1S/C59H56N6O10/c1-36(38-16-7-4-8-17-38)62-58(71)64-46-25-24-37(15-14-27-61-57(60)70)31-45(46)59(56(64)69)49(54(67)63-28-26-41-33-47(72-2)48(73-3)34-43(41)35-63)51-55(68)75-52(40-20-11-6-12-21-40)50(39-18-9-5-10-19-39)65(51)53(59)42-22-13-23-44(32-42)74-30-29-66/h4-13,16-25,31-34,36,49-53,66H,26-30,35H2,1-3H3,(H,62,71)(H3,60,61,70). The van der Waals surface area contributed by atoms with E-state index >= 15 is 19.2 Å². The van der Waals surface area contributed by atoms with E-state index in [4.69, 9.17) is 24.7 Å². The first-order valence-electron chi connectivity index (χ1n) is 24.8. The Morgan fingerprint density at radius 3 is 2.16 bits per heavy atom. The highest BCUT2D eigenvalue weighted by Crippen LogP contribution is 2.66. The molecule has 0 radical (unpaired) electrons. The predicted octanol–water partition coefficient (Wildman–Crippen LogP) is 6.82. The van der Waals surface area contributed by atoms with Crippen LogP contribution in [0.25, 0.3) is 0 Å². The molecule has 4 heterocycles. The second kappa shape index (κ2) is 21.1. The Hall–Kier alpha value is -8.65. The number of benzene rings is 6. The number of fused-ring (bicyclic) bond motifs is 4. The minimum atomic E-state index is -2.10. The largest absolute Gasteiger partial charge is 0.493 e. The van der Waals surface area contributed by atoms with Crippen LogP contribution >= 0.6 is 0 Å². The molecule has 0 aromatic heterocycles. The molecule has 4 aliphatic rings. The molecule has 10 rings (SSSR count). The lowest BCUT2D eigenvalue weighted by atomic mass is 9.64. The molecule has 0 aliphatic carbocycles. The second-order valence-corrected chi connectivity index (χ2v) is 18.9. The summed E-state index contributed by atoms with van der Waals surface area (Å²) < 4.78 is 24.1. The fourth-order valence-corrected chi connectivity index (χ4v) is 11.5. The molecule has 16 nitrogen and oxygen atoms in total. The molecular weight excluding hydrogens is 953 g/mol. The van der Waals surface area contributed by atoms with Crippen LogP contribution in [0.5, 0.6) is 17.2 Å². The van der Waals surface area contributed by atoms with Crippen LogP contribution < -0.4 is 35.5 Å². The maximum Gasteiger partial charge on any atom is 0.329 e. The van der Waals surface area contributed by atoms with Crippen molar-refractivity contribution in [1.82, 2.24) is 20.4 Å². The third-order valence-corrected chi connectivity index (χ3v) is 14.7. The van der Waals surface area contributed by atoms with Gasteiger partial charge in [0.1, 0.15) is 29.9 Å². The minimum absolute atomic E-state index is 0.0448. The number of urea groups is 2. The van der Waals surface area contributed by atoms with Crippen LogP contribution in [0.4, 0.5) is 15.3 Å². The number of ether oxygens (including phenoxy) is 4. The first-order chi connectivity index (χ1) is 36.5. The van der Waals surface area contributed by atoms with Gasteiger partial charge in [-0.2, -0.15) is 0 Å². The Labute approximate surface area is 434 Å². The number of esters is 1. The first kappa shape index (κ1) is 49.9. The van der Waals surface area contributed by atoms with E-state index < -0.39 is 71.5 Å². The summed E-state index contributed by atoms with van der Waals surface area (Å²) in [6, 6.07) is 38.4. The maximum absolute atomic E-state index is 17.0. The first-order valence-corrected chi connectivity index (χ1v) is 24.8. The number of rotatable bonds is 12. The number of hydrogen-bond donors (Lipinski definition) is 4. The van der Waals surface area contributed by atoms with Gasteiger partial charge in [0, 0.05) is 18.7 Å². The Morgan fingerprint density at radius 2 is 1.48 bits per heavy atom. The highest BCUT2D eigenvalue weighted by Gasteiger charge is 2.76. The number of imide groups is 1. The molecule has 7 atom stereocenters. The van der Waals surface area contributed by atoms with E-state index in [1.807, 2.05) is 121 Å². The highest BCUT2D eigenvalue weighted by atomic mass is 16.6.